The van der Waals surface area contributed by atoms with Crippen LogP contribution in [0.4, 0.5) is 24.8 Å². The molecule has 0 radical (unpaired) electrons. The van der Waals surface area contributed by atoms with Gasteiger partial charge in [-0.15, -0.1) is 5.10 Å². The highest BCUT2D eigenvalue weighted by molar-refractivity contribution is 6.30. The quantitative estimate of drug-likeness (QED) is 0.576. The van der Waals surface area contributed by atoms with Crippen molar-refractivity contribution in [1.82, 2.24) is 14.8 Å². The fourth-order valence-electron chi connectivity index (χ4n) is 3.39. The van der Waals surface area contributed by atoms with Crippen molar-refractivity contribution in [2.75, 3.05) is 17.7 Å². The maximum atomic E-state index is 13.3. The summed E-state index contributed by atoms with van der Waals surface area (Å²) in [6.45, 7) is 1.60. The molecule has 0 fully saturated rings. The summed E-state index contributed by atoms with van der Waals surface area (Å²) in [6.07, 6.45) is -4.74. The van der Waals surface area contributed by atoms with E-state index in [2.05, 4.69) is 20.7 Å². The summed E-state index contributed by atoms with van der Waals surface area (Å²) < 4.78 is 46.1. The molecule has 0 saturated heterocycles. The molecule has 0 saturated carbocycles. The van der Waals surface area contributed by atoms with Gasteiger partial charge in [0, 0.05) is 16.4 Å². The third kappa shape index (κ3) is 4.13. The van der Waals surface area contributed by atoms with Crippen LogP contribution in [0.15, 0.2) is 59.8 Å². The third-order valence-corrected chi connectivity index (χ3v) is 5.14. The second kappa shape index (κ2) is 8.19. The van der Waals surface area contributed by atoms with Gasteiger partial charge in [0.25, 0.3) is 11.7 Å². The van der Waals surface area contributed by atoms with E-state index in [9.17, 15) is 18.0 Å². The number of methoxy groups -OCH3 is 1. The molecule has 4 rings (SSSR count). The van der Waals surface area contributed by atoms with Crippen molar-refractivity contribution in [3.8, 4) is 5.75 Å². The first-order valence-electron chi connectivity index (χ1n) is 9.40. The van der Waals surface area contributed by atoms with E-state index in [-0.39, 0.29) is 11.5 Å². The van der Waals surface area contributed by atoms with Crippen LogP contribution in [-0.4, -0.2) is 27.8 Å². The Kier molecular flexibility index (Phi) is 5.55. The molecule has 3 aromatic rings. The van der Waals surface area contributed by atoms with Gasteiger partial charge in [-0.3, -0.25) is 4.79 Å². The zero-order valence-electron chi connectivity index (χ0n) is 16.9. The van der Waals surface area contributed by atoms with Crippen LogP contribution < -0.4 is 15.4 Å². The first-order chi connectivity index (χ1) is 15.2. The van der Waals surface area contributed by atoms with E-state index in [1.165, 1.54) is 7.11 Å². The van der Waals surface area contributed by atoms with Gasteiger partial charge < -0.3 is 15.4 Å². The molecule has 32 heavy (non-hydrogen) atoms. The molecule has 2 heterocycles. The van der Waals surface area contributed by atoms with Crippen molar-refractivity contribution in [3.63, 3.8) is 0 Å². The van der Waals surface area contributed by atoms with Gasteiger partial charge in [0.1, 0.15) is 11.8 Å². The number of allylic oxidation sites excluding steroid dienone is 1. The Morgan fingerprint density at radius 3 is 2.41 bits per heavy atom. The van der Waals surface area contributed by atoms with E-state index in [4.69, 9.17) is 16.3 Å². The number of hydrogen-bond acceptors (Lipinski definition) is 5. The number of carbonyl (C=O) groups is 1. The Bertz CT molecular complexity index is 1190. The highest BCUT2D eigenvalue weighted by Gasteiger charge is 2.41. The zero-order valence-corrected chi connectivity index (χ0v) is 17.6. The van der Waals surface area contributed by atoms with Crippen LogP contribution in [0.2, 0.25) is 5.02 Å². The molecule has 1 aliphatic rings. The lowest BCUT2D eigenvalue weighted by Gasteiger charge is -2.28. The Morgan fingerprint density at radius 1 is 1.16 bits per heavy atom. The summed E-state index contributed by atoms with van der Waals surface area (Å²) in [5.41, 5.74) is 1.56. The predicted molar refractivity (Wildman–Crippen MR) is 113 cm³/mol. The number of rotatable bonds is 4. The number of nitrogens with zero attached hydrogens (tertiary/aromatic N) is 3. The number of amides is 1. The molecule has 0 bridgehead atoms. The average molecular weight is 464 g/mol. The fraction of sp³-hybridized carbons (Fsp3) is 0.190. The predicted octanol–water partition coefficient (Wildman–Crippen LogP) is 4.89. The number of benzene rings is 2. The van der Waals surface area contributed by atoms with E-state index >= 15 is 0 Å². The van der Waals surface area contributed by atoms with Gasteiger partial charge in [0.05, 0.1) is 12.7 Å². The maximum Gasteiger partial charge on any atom is 0.453 e. The largest absolute Gasteiger partial charge is 0.497 e. The minimum absolute atomic E-state index is 0.112. The summed E-state index contributed by atoms with van der Waals surface area (Å²) in [5.74, 6) is -1.36. The van der Waals surface area contributed by atoms with E-state index in [0.29, 0.717) is 27.7 Å². The lowest BCUT2D eigenvalue weighted by molar-refractivity contribution is -0.145. The molecule has 0 spiro atoms. The number of aromatic nitrogens is 3. The van der Waals surface area contributed by atoms with Gasteiger partial charge in [-0.1, -0.05) is 23.7 Å². The van der Waals surface area contributed by atoms with Crippen LogP contribution in [0.5, 0.6) is 5.75 Å². The molecule has 1 aromatic heterocycles. The van der Waals surface area contributed by atoms with Gasteiger partial charge in [-0.2, -0.15) is 18.2 Å². The molecule has 2 aromatic carbocycles. The van der Waals surface area contributed by atoms with Gasteiger partial charge in [-0.25, -0.2) is 4.68 Å². The second-order valence-electron chi connectivity index (χ2n) is 7.00. The summed E-state index contributed by atoms with van der Waals surface area (Å²) in [5, 5.41) is 9.68. The number of ether oxygens (including phenoxy) is 1. The van der Waals surface area contributed by atoms with E-state index in [1.807, 2.05) is 0 Å². The van der Waals surface area contributed by atoms with Gasteiger partial charge in [0.2, 0.25) is 5.95 Å². The van der Waals surface area contributed by atoms with E-state index < -0.39 is 23.9 Å². The lowest BCUT2D eigenvalue weighted by Crippen LogP contribution is -2.31. The Balaban J connectivity index is 1.79. The fourth-order valence-corrected chi connectivity index (χ4v) is 3.52. The van der Waals surface area contributed by atoms with Crippen LogP contribution in [-0.2, 0) is 11.0 Å². The molecule has 0 unspecified atom stereocenters. The monoisotopic (exact) mass is 463 g/mol. The first-order valence-corrected chi connectivity index (χ1v) is 9.77. The number of anilines is 2. The van der Waals surface area contributed by atoms with Crippen molar-refractivity contribution in [2.24, 2.45) is 0 Å². The highest BCUT2D eigenvalue weighted by Crippen LogP contribution is 2.38. The van der Waals surface area contributed by atoms with Crippen molar-refractivity contribution in [3.05, 3.63) is 76.2 Å². The van der Waals surface area contributed by atoms with Crippen LogP contribution in [0, 0.1) is 0 Å². The van der Waals surface area contributed by atoms with Crippen LogP contribution in [0.25, 0.3) is 0 Å². The Hall–Kier alpha value is -3.53. The standard InChI is InChI=1S/C21H17ClF3N5O2/c1-11-16(18(31)27-14-7-5-13(22)6-8-14)17(12-3-9-15(32-2)10-4-12)30-20(26-11)28-19(29-30)21(23,24)25/h3-10,17H,1-2H3,(H,27,31)(H,26,28,29)/t17-/m0/s1. The number of fused-ring (bicyclic) bond motifs is 1. The summed E-state index contributed by atoms with van der Waals surface area (Å²) >= 11 is 5.89. The molecule has 0 aliphatic carbocycles. The number of halogens is 4. The zero-order chi connectivity index (χ0) is 23.0. The molecule has 2 N–H and O–H groups in total. The molecule has 7 nitrogen and oxygen atoms in total. The average Bonchev–Trinajstić information content (AvgIpc) is 3.18. The lowest BCUT2D eigenvalue weighted by atomic mass is 9.95. The minimum atomic E-state index is -4.74. The molecule has 1 aliphatic heterocycles. The number of nitrogens with one attached hydrogen (secondary N) is 2. The Labute approximate surface area is 185 Å². The van der Waals surface area contributed by atoms with Gasteiger partial charge in [-0.05, 0) is 48.9 Å². The molecular formula is C21H17ClF3N5O2. The van der Waals surface area contributed by atoms with Crippen molar-refractivity contribution < 1.29 is 22.7 Å². The van der Waals surface area contributed by atoms with Crippen molar-refractivity contribution in [1.29, 1.82) is 0 Å². The molecule has 11 heteroatoms. The summed E-state index contributed by atoms with van der Waals surface area (Å²) in [7, 11) is 1.50. The molecular weight excluding hydrogens is 447 g/mol. The molecule has 166 valence electrons. The summed E-state index contributed by atoms with van der Waals surface area (Å²) in [4.78, 5) is 16.8. The normalized spacial score (nSPS) is 15.8. The van der Waals surface area contributed by atoms with Crippen molar-refractivity contribution in [2.45, 2.75) is 19.1 Å². The molecule has 1 amide bonds. The molecule has 1 atom stereocenters. The summed E-state index contributed by atoms with van der Waals surface area (Å²) in [6, 6.07) is 12.2. The van der Waals surface area contributed by atoms with E-state index in [1.54, 1.807) is 55.5 Å². The maximum absolute atomic E-state index is 13.3. The topological polar surface area (TPSA) is 81.1 Å². The number of carbonyl (C=O) groups excluding carboxylic acids is 1. The van der Waals surface area contributed by atoms with Crippen LogP contribution >= 0.6 is 11.6 Å². The van der Waals surface area contributed by atoms with Crippen LogP contribution in [0.3, 0.4) is 0 Å². The smallest absolute Gasteiger partial charge is 0.453 e. The first kappa shape index (κ1) is 21.7. The van der Waals surface area contributed by atoms with E-state index in [0.717, 1.165) is 4.68 Å². The highest BCUT2D eigenvalue weighted by atomic mass is 35.5. The third-order valence-electron chi connectivity index (χ3n) is 4.88. The Morgan fingerprint density at radius 2 is 1.81 bits per heavy atom. The van der Waals surface area contributed by atoms with Gasteiger partial charge >= 0.3 is 6.18 Å². The number of alkyl halides is 3. The SMILES string of the molecule is COc1ccc([C@H]2C(C(=O)Nc3ccc(Cl)cc3)=C(C)Nc3nc(C(F)(F)F)nn32)cc1. The minimum Gasteiger partial charge on any atom is -0.497 e. The van der Waals surface area contributed by atoms with Crippen molar-refractivity contribution >= 4 is 29.1 Å². The van der Waals surface area contributed by atoms with Gasteiger partial charge in [0.15, 0.2) is 0 Å². The second-order valence-corrected chi connectivity index (χ2v) is 7.44. The van der Waals surface area contributed by atoms with Crippen LogP contribution in [0.1, 0.15) is 24.4 Å². The number of hydrogen-bond donors (Lipinski definition) is 2.